The van der Waals surface area contributed by atoms with Crippen molar-refractivity contribution < 1.29 is 37.0 Å². The van der Waals surface area contributed by atoms with Gasteiger partial charge in [0, 0.05) is 0 Å². The van der Waals surface area contributed by atoms with Gasteiger partial charge < -0.3 is 14.2 Å². The highest BCUT2D eigenvalue weighted by Crippen LogP contribution is 2.29. The van der Waals surface area contributed by atoms with E-state index in [0.29, 0.717) is 5.75 Å². The van der Waals surface area contributed by atoms with Gasteiger partial charge in [-0.05, 0) is 60.7 Å². The summed E-state index contributed by atoms with van der Waals surface area (Å²) in [6.07, 6.45) is -4.49. The van der Waals surface area contributed by atoms with Crippen LogP contribution in [0.15, 0.2) is 78.9 Å². The summed E-state index contributed by atoms with van der Waals surface area (Å²) in [5.74, 6) is -0.592. The molecule has 3 aromatic rings. The molecule has 0 unspecified atom stereocenters. The van der Waals surface area contributed by atoms with E-state index in [4.69, 9.17) is 14.2 Å². The lowest BCUT2D eigenvalue weighted by Crippen LogP contribution is -2.13. The van der Waals surface area contributed by atoms with Crippen LogP contribution in [0.3, 0.4) is 0 Å². The number of benzene rings is 3. The van der Waals surface area contributed by atoms with Gasteiger partial charge in [-0.3, -0.25) is 0 Å². The number of hydrogen-bond acceptors (Lipinski definition) is 5. The first-order chi connectivity index (χ1) is 14.8. The second-order valence-electron chi connectivity index (χ2n) is 6.29. The van der Waals surface area contributed by atoms with Crippen molar-refractivity contribution in [3.05, 3.63) is 95.6 Å². The predicted molar refractivity (Wildman–Crippen MR) is 105 cm³/mol. The largest absolute Gasteiger partial charge is 0.490 e. The molecular formula is C23H17F3O5. The molecule has 31 heavy (non-hydrogen) atoms. The number of rotatable bonds is 7. The van der Waals surface area contributed by atoms with E-state index in [1.165, 1.54) is 24.3 Å². The van der Waals surface area contributed by atoms with Crippen molar-refractivity contribution in [3.8, 4) is 11.5 Å². The summed E-state index contributed by atoms with van der Waals surface area (Å²) >= 11 is 0. The van der Waals surface area contributed by atoms with E-state index < -0.39 is 23.7 Å². The molecule has 8 heteroatoms. The van der Waals surface area contributed by atoms with Crippen LogP contribution >= 0.6 is 0 Å². The Morgan fingerprint density at radius 2 is 1.26 bits per heavy atom. The maximum Gasteiger partial charge on any atom is 0.416 e. The number of ether oxygens (including phenoxy) is 3. The molecule has 0 aliphatic carbocycles. The number of halogens is 3. The Morgan fingerprint density at radius 1 is 0.677 bits per heavy atom. The molecule has 0 aliphatic rings. The topological polar surface area (TPSA) is 61.8 Å². The number of alkyl halides is 3. The van der Waals surface area contributed by atoms with Gasteiger partial charge in [0.15, 0.2) is 0 Å². The third kappa shape index (κ3) is 6.33. The van der Waals surface area contributed by atoms with Crippen molar-refractivity contribution in [1.29, 1.82) is 0 Å². The number of para-hydroxylation sites is 1. The van der Waals surface area contributed by atoms with Crippen molar-refractivity contribution >= 4 is 11.9 Å². The number of carbonyl (C=O) groups is 2. The summed E-state index contributed by atoms with van der Waals surface area (Å²) in [6, 6.07) is 18.4. The first kappa shape index (κ1) is 21.9. The first-order valence-corrected chi connectivity index (χ1v) is 9.17. The van der Waals surface area contributed by atoms with E-state index in [1.54, 1.807) is 12.1 Å². The van der Waals surface area contributed by atoms with Gasteiger partial charge in [-0.2, -0.15) is 13.2 Å². The normalized spacial score (nSPS) is 10.9. The molecule has 0 bridgehead atoms. The molecule has 0 heterocycles. The van der Waals surface area contributed by atoms with Crippen LogP contribution in [0.4, 0.5) is 13.2 Å². The number of carbonyl (C=O) groups excluding carboxylic acids is 2. The molecule has 0 atom stereocenters. The molecule has 5 nitrogen and oxygen atoms in total. The van der Waals surface area contributed by atoms with Crippen LogP contribution in [0.1, 0.15) is 26.3 Å². The Morgan fingerprint density at radius 3 is 1.87 bits per heavy atom. The van der Waals surface area contributed by atoms with Crippen molar-refractivity contribution in [1.82, 2.24) is 0 Å². The predicted octanol–water partition coefficient (Wildman–Crippen LogP) is 5.16. The molecular weight excluding hydrogens is 413 g/mol. The maximum absolute atomic E-state index is 12.6. The van der Waals surface area contributed by atoms with Gasteiger partial charge in [-0.1, -0.05) is 18.2 Å². The molecule has 160 valence electrons. The van der Waals surface area contributed by atoms with Gasteiger partial charge in [-0.15, -0.1) is 0 Å². The third-order valence-corrected chi connectivity index (χ3v) is 4.08. The van der Waals surface area contributed by atoms with E-state index in [9.17, 15) is 22.8 Å². The van der Waals surface area contributed by atoms with Gasteiger partial charge >= 0.3 is 18.1 Å². The van der Waals surface area contributed by atoms with E-state index in [1.807, 2.05) is 18.2 Å². The second kappa shape index (κ2) is 9.80. The highest BCUT2D eigenvalue weighted by Gasteiger charge is 2.30. The van der Waals surface area contributed by atoms with Crippen LogP contribution in [0.2, 0.25) is 0 Å². The van der Waals surface area contributed by atoms with Crippen LogP contribution < -0.4 is 9.47 Å². The molecule has 3 rings (SSSR count). The lowest BCUT2D eigenvalue weighted by molar-refractivity contribution is -0.137. The summed E-state index contributed by atoms with van der Waals surface area (Å²) in [7, 11) is 0. The van der Waals surface area contributed by atoms with Gasteiger partial charge in [-0.25, -0.2) is 9.59 Å². The zero-order valence-electron chi connectivity index (χ0n) is 16.1. The maximum atomic E-state index is 12.6. The van der Waals surface area contributed by atoms with E-state index in [2.05, 4.69) is 0 Å². The summed E-state index contributed by atoms with van der Waals surface area (Å²) in [5.41, 5.74) is -0.648. The third-order valence-electron chi connectivity index (χ3n) is 4.08. The number of hydrogen-bond donors (Lipinski definition) is 0. The Labute approximate surface area is 176 Å². The minimum absolute atomic E-state index is 0.0325. The Hall–Kier alpha value is -3.81. The fourth-order valence-electron chi connectivity index (χ4n) is 2.51. The monoisotopic (exact) mass is 430 g/mol. The molecule has 0 saturated heterocycles. The zero-order valence-corrected chi connectivity index (χ0v) is 16.1. The smallest absolute Gasteiger partial charge is 0.416 e. The fraction of sp³-hybridized carbons (Fsp3) is 0.130. The molecule has 0 saturated carbocycles. The Bertz CT molecular complexity index is 1010. The van der Waals surface area contributed by atoms with Crippen LogP contribution in [-0.2, 0) is 10.9 Å². The molecule has 0 spiro atoms. The lowest BCUT2D eigenvalue weighted by Gasteiger charge is -2.09. The molecule has 0 fully saturated rings. The standard InChI is InChI=1S/C23H17F3O5/c24-23(25,26)18-10-6-17(7-11-18)22(28)31-20-12-8-16(9-13-20)21(27)30-15-14-29-19-4-2-1-3-5-19/h1-13H,14-15H2. The molecule has 0 amide bonds. The van der Waals surface area contributed by atoms with Crippen molar-refractivity contribution in [2.24, 2.45) is 0 Å². The van der Waals surface area contributed by atoms with E-state index in [0.717, 1.165) is 24.3 Å². The average Bonchev–Trinajstić information content (AvgIpc) is 2.77. The first-order valence-electron chi connectivity index (χ1n) is 9.17. The second-order valence-corrected chi connectivity index (χ2v) is 6.29. The highest BCUT2D eigenvalue weighted by molar-refractivity contribution is 5.92. The van der Waals surface area contributed by atoms with Gasteiger partial charge in [0.05, 0.1) is 16.7 Å². The Balaban J connectivity index is 1.49. The fourth-order valence-corrected chi connectivity index (χ4v) is 2.51. The van der Waals surface area contributed by atoms with Gasteiger partial charge in [0.25, 0.3) is 0 Å². The van der Waals surface area contributed by atoms with Crippen LogP contribution in [0.5, 0.6) is 11.5 Å². The lowest BCUT2D eigenvalue weighted by atomic mass is 10.1. The van der Waals surface area contributed by atoms with Crippen molar-refractivity contribution in [3.63, 3.8) is 0 Å². The van der Waals surface area contributed by atoms with Gasteiger partial charge in [0.1, 0.15) is 24.7 Å². The van der Waals surface area contributed by atoms with Crippen LogP contribution in [0, 0.1) is 0 Å². The zero-order chi connectivity index (χ0) is 22.3. The van der Waals surface area contributed by atoms with Gasteiger partial charge in [0.2, 0.25) is 0 Å². The van der Waals surface area contributed by atoms with Crippen molar-refractivity contribution in [2.45, 2.75) is 6.18 Å². The van der Waals surface area contributed by atoms with E-state index >= 15 is 0 Å². The Kier molecular flexibility index (Phi) is 6.92. The average molecular weight is 430 g/mol. The highest BCUT2D eigenvalue weighted by atomic mass is 19.4. The van der Waals surface area contributed by atoms with Crippen LogP contribution in [-0.4, -0.2) is 25.2 Å². The molecule has 0 N–H and O–H groups in total. The minimum Gasteiger partial charge on any atom is -0.490 e. The molecule has 0 aromatic heterocycles. The molecule has 3 aromatic carbocycles. The van der Waals surface area contributed by atoms with Crippen LogP contribution in [0.25, 0.3) is 0 Å². The van der Waals surface area contributed by atoms with Crippen molar-refractivity contribution in [2.75, 3.05) is 13.2 Å². The summed E-state index contributed by atoms with van der Waals surface area (Å²) < 4.78 is 53.4. The summed E-state index contributed by atoms with van der Waals surface area (Å²) in [4.78, 5) is 24.1. The minimum atomic E-state index is -4.49. The quantitative estimate of drug-likeness (QED) is 0.294. The van der Waals surface area contributed by atoms with E-state index in [-0.39, 0.29) is 30.1 Å². The molecule has 0 radical (unpaired) electrons. The summed E-state index contributed by atoms with van der Waals surface area (Å²) in [5, 5.41) is 0. The SMILES string of the molecule is O=C(OCCOc1ccccc1)c1ccc(OC(=O)c2ccc(C(F)(F)F)cc2)cc1. The molecule has 0 aliphatic heterocycles. The summed E-state index contributed by atoms with van der Waals surface area (Å²) in [6.45, 7) is 0.247. The number of esters is 2.